The van der Waals surface area contributed by atoms with Crippen LogP contribution < -0.4 is 16.0 Å². The minimum absolute atomic E-state index is 0.0165. The number of ether oxygens (including phenoxy) is 1. The average molecular weight is 422 g/mol. The minimum atomic E-state index is -0.954. The van der Waals surface area contributed by atoms with E-state index in [1.807, 2.05) is 6.92 Å². The molecular formula is C20H30N4O6. The van der Waals surface area contributed by atoms with E-state index in [-0.39, 0.29) is 12.0 Å². The number of amides is 6. The average Bonchev–Trinajstić information content (AvgIpc) is 2.94. The number of urea groups is 2. The zero-order valence-electron chi connectivity index (χ0n) is 17.3. The molecular weight excluding hydrogens is 392 g/mol. The summed E-state index contributed by atoms with van der Waals surface area (Å²) in [6, 6.07) is -1.20. The summed E-state index contributed by atoms with van der Waals surface area (Å²) in [5.74, 6) is -2.10. The molecule has 2 atom stereocenters. The molecule has 0 unspecified atom stereocenters. The third-order valence-electron chi connectivity index (χ3n) is 6.35. The van der Waals surface area contributed by atoms with E-state index < -0.39 is 48.5 Å². The molecule has 166 valence electrons. The highest BCUT2D eigenvalue weighted by molar-refractivity contribution is 6.09. The summed E-state index contributed by atoms with van der Waals surface area (Å²) in [7, 11) is 0. The SMILES string of the molecule is C[C@H]1CCCC[C@]12NC(=O)N(CC(=O)OCC(=O)NC(=O)NC1CCCCC1)C2=O. The largest absolute Gasteiger partial charge is 0.454 e. The van der Waals surface area contributed by atoms with Crippen molar-refractivity contribution in [1.82, 2.24) is 20.9 Å². The van der Waals surface area contributed by atoms with Gasteiger partial charge in [-0.3, -0.25) is 24.6 Å². The van der Waals surface area contributed by atoms with Gasteiger partial charge in [0.1, 0.15) is 12.1 Å². The number of nitrogens with zero attached hydrogens (tertiary/aromatic N) is 1. The predicted molar refractivity (Wildman–Crippen MR) is 105 cm³/mol. The highest BCUT2D eigenvalue weighted by atomic mass is 16.5. The Hall–Kier alpha value is -2.65. The van der Waals surface area contributed by atoms with Gasteiger partial charge >= 0.3 is 18.0 Å². The van der Waals surface area contributed by atoms with Gasteiger partial charge in [0.25, 0.3) is 11.8 Å². The summed E-state index contributed by atoms with van der Waals surface area (Å²) < 4.78 is 4.85. The molecule has 1 aliphatic heterocycles. The van der Waals surface area contributed by atoms with Crippen molar-refractivity contribution in [2.24, 2.45) is 5.92 Å². The van der Waals surface area contributed by atoms with Crippen molar-refractivity contribution in [3.05, 3.63) is 0 Å². The van der Waals surface area contributed by atoms with Gasteiger partial charge in [-0.05, 0) is 31.6 Å². The molecule has 0 bridgehead atoms. The molecule has 2 aliphatic carbocycles. The fourth-order valence-electron chi connectivity index (χ4n) is 4.59. The third-order valence-corrected chi connectivity index (χ3v) is 6.35. The second kappa shape index (κ2) is 9.44. The maximum Gasteiger partial charge on any atom is 0.326 e. The molecule has 1 spiro atoms. The van der Waals surface area contributed by atoms with Gasteiger partial charge in [-0.25, -0.2) is 9.59 Å². The van der Waals surface area contributed by atoms with Crippen molar-refractivity contribution >= 4 is 29.8 Å². The van der Waals surface area contributed by atoms with Gasteiger partial charge in [-0.1, -0.05) is 39.0 Å². The Morgan fingerprint density at radius 1 is 1.10 bits per heavy atom. The first-order valence-corrected chi connectivity index (χ1v) is 10.7. The van der Waals surface area contributed by atoms with Crippen LogP contribution in [-0.4, -0.2) is 59.5 Å². The van der Waals surface area contributed by atoms with Crippen LogP contribution in [0.4, 0.5) is 9.59 Å². The summed E-state index contributed by atoms with van der Waals surface area (Å²) >= 11 is 0. The molecule has 0 radical (unpaired) electrons. The predicted octanol–water partition coefficient (Wildman–Crippen LogP) is 1.19. The highest BCUT2D eigenvalue weighted by Crippen LogP contribution is 2.38. The number of hydrogen-bond acceptors (Lipinski definition) is 6. The first-order chi connectivity index (χ1) is 14.3. The molecule has 3 fully saturated rings. The van der Waals surface area contributed by atoms with Crippen molar-refractivity contribution in [3.8, 4) is 0 Å². The van der Waals surface area contributed by atoms with Crippen molar-refractivity contribution < 1.29 is 28.7 Å². The van der Waals surface area contributed by atoms with E-state index in [4.69, 9.17) is 4.74 Å². The van der Waals surface area contributed by atoms with Crippen LogP contribution in [0.1, 0.15) is 64.7 Å². The normalized spacial score (nSPS) is 27.0. The monoisotopic (exact) mass is 422 g/mol. The molecule has 0 aromatic rings. The Balaban J connectivity index is 1.42. The Bertz CT molecular complexity index is 720. The molecule has 2 saturated carbocycles. The molecule has 10 heteroatoms. The van der Waals surface area contributed by atoms with E-state index in [0.717, 1.165) is 56.3 Å². The Kier molecular flexibility index (Phi) is 6.94. The van der Waals surface area contributed by atoms with Crippen molar-refractivity contribution in [2.45, 2.75) is 76.3 Å². The van der Waals surface area contributed by atoms with Gasteiger partial charge in [0.2, 0.25) is 0 Å². The molecule has 10 nitrogen and oxygen atoms in total. The number of esters is 1. The van der Waals surface area contributed by atoms with E-state index in [1.165, 1.54) is 0 Å². The lowest BCUT2D eigenvalue weighted by molar-refractivity contribution is -0.151. The molecule has 3 aliphatic rings. The van der Waals surface area contributed by atoms with E-state index in [0.29, 0.717) is 6.42 Å². The first kappa shape index (κ1) is 22.0. The zero-order chi connectivity index (χ0) is 21.7. The van der Waals surface area contributed by atoms with E-state index >= 15 is 0 Å². The summed E-state index contributed by atoms with van der Waals surface area (Å²) in [5, 5.41) is 7.60. The molecule has 1 saturated heterocycles. The second-order valence-electron chi connectivity index (χ2n) is 8.46. The molecule has 3 N–H and O–H groups in total. The number of rotatable bonds is 5. The lowest BCUT2D eigenvalue weighted by atomic mass is 9.73. The smallest absolute Gasteiger partial charge is 0.326 e. The van der Waals surface area contributed by atoms with Gasteiger partial charge in [-0.15, -0.1) is 0 Å². The van der Waals surface area contributed by atoms with Gasteiger partial charge in [0, 0.05) is 6.04 Å². The maximum atomic E-state index is 12.8. The van der Waals surface area contributed by atoms with Crippen molar-refractivity contribution in [3.63, 3.8) is 0 Å². The Morgan fingerprint density at radius 3 is 2.50 bits per heavy atom. The van der Waals surface area contributed by atoms with Gasteiger partial charge in [0.15, 0.2) is 6.61 Å². The summed E-state index contributed by atoms with van der Waals surface area (Å²) in [4.78, 5) is 61.7. The number of nitrogens with one attached hydrogen (secondary N) is 3. The zero-order valence-corrected chi connectivity index (χ0v) is 17.3. The summed E-state index contributed by atoms with van der Waals surface area (Å²) in [6.45, 7) is 0.685. The lowest BCUT2D eigenvalue weighted by Crippen LogP contribution is -2.54. The lowest BCUT2D eigenvalue weighted by Gasteiger charge is -2.36. The van der Waals surface area contributed by atoms with E-state index in [2.05, 4.69) is 16.0 Å². The van der Waals surface area contributed by atoms with Crippen LogP contribution in [0.15, 0.2) is 0 Å². The van der Waals surface area contributed by atoms with Crippen LogP contribution in [-0.2, 0) is 19.1 Å². The van der Waals surface area contributed by atoms with Gasteiger partial charge in [0.05, 0.1) is 0 Å². The number of hydrogen-bond donors (Lipinski definition) is 3. The highest BCUT2D eigenvalue weighted by Gasteiger charge is 2.55. The van der Waals surface area contributed by atoms with Crippen LogP contribution in [0.5, 0.6) is 0 Å². The van der Waals surface area contributed by atoms with Gasteiger partial charge in [-0.2, -0.15) is 0 Å². The Morgan fingerprint density at radius 2 is 1.80 bits per heavy atom. The fraction of sp³-hybridized carbons (Fsp3) is 0.750. The van der Waals surface area contributed by atoms with Crippen molar-refractivity contribution in [1.29, 1.82) is 0 Å². The van der Waals surface area contributed by atoms with Gasteiger partial charge < -0.3 is 15.4 Å². The molecule has 30 heavy (non-hydrogen) atoms. The van der Waals surface area contributed by atoms with E-state index in [9.17, 15) is 24.0 Å². The number of imide groups is 2. The number of carbonyl (C=O) groups is 5. The summed E-state index contributed by atoms with van der Waals surface area (Å²) in [5.41, 5.74) is -0.954. The van der Waals surface area contributed by atoms with Crippen LogP contribution in [0.2, 0.25) is 0 Å². The third kappa shape index (κ3) is 4.91. The molecule has 0 aromatic heterocycles. The molecule has 1 heterocycles. The number of carbonyl (C=O) groups excluding carboxylic acids is 5. The fourth-order valence-corrected chi connectivity index (χ4v) is 4.59. The van der Waals surface area contributed by atoms with Crippen LogP contribution in [0.3, 0.4) is 0 Å². The molecule has 6 amide bonds. The minimum Gasteiger partial charge on any atom is -0.454 e. The quantitative estimate of drug-likeness (QED) is 0.450. The van der Waals surface area contributed by atoms with Crippen LogP contribution in [0.25, 0.3) is 0 Å². The standard InChI is InChI=1S/C20H30N4O6/c1-13-7-5-6-10-20(13)17(27)24(19(29)23-20)11-16(26)30-12-15(25)22-18(28)21-14-8-3-2-4-9-14/h13-14H,2-12H2,1H3,(H,23,29)(H2,21,22,25,28)/t13-,20-/m0/s1. The van der Waals surface area contributed by atoms with E-state index in [1.54, 1.807) is 0 Å². The van der Waals surface area contributed by atoms with Crippen LogP contribution >= 0.6 is 0 Å². The Labute approximate surface area is 175 Å². The summed E-state index contributed by atoms with van der Waals surface area (Å²) in [6.07, 6.45) is 8.18. The maximum absolute atomic E-state index is 12.8. The first-order valence-electron chi connectivity index (χ1n) is 10.7. The van der Waals surface area contributed by atoms with Crippen molar-refractivity contribution in [2.75, 3.05) is 13.2 Å². The van der Waals surface area contributed by atoms with Crippen LogP contribution in [0, 0.1) is 5.92 Å². The molecule has 3 rings (SSSR count). The second-order valence-corrected chi connectivity index (χ2v) is 8.46. The topological polar surface area (TPSA) is 134 Å². The molecule has 0 aromatic carbocycles.